The summed E-state index contributed by atoms with van der Waals surface area (Å²) in [6.07, 6.45) is 0. The number of aromatic nitrogens is 1. The Morgan fingerprint density at radius 2 is 1.72 bits per heavy atom. The lowest BCUT2D eigenvalue weighted by Crippen LogP contribution is -2.15. The van der Waals surface area contributed by atoms with Gasteiger partial charge in [0.2, 0.25) is 0 Å². The Morgan fingerprint density at radius 3 is 2.33 bits per heavy atom. The lowest BCUT2D eigenvalue weighted by Gasteiger charge is -2.17. The van der Waals surface area contributed by atoms with Gasteiger partial charge in [-0.1, -0.05) is 18.2 Å². The van der Waals surface area contributed by atoms with E-state index >= 15 is 0 Å². The number of pyridine rings is 1. The van der Waals surface area contributed by atoms with Gasteiger partial charge in [0.1, 0.15) is 0 Å². The highest BCUT2D eigenvalue weighted by Crippen LogP contribution is 2.17. The van der Waals surface area contributed by atoms with E-state index in [4.69, 9.17) is 0 Å². The molecule has 0 bridgehead atoms. The van der Waals surface area contributed by atoms with Gasteiger partial charge >= 0.3 is 0 Å². The normalized spacial score (nSPS) is 10.6. The first kappa shape index (κ1) is 12.6. The van der Waals surface area contributed by atoms with Gasteiger partial charge in [0.15, 0.2) is 5.43 Å². The topological polar surface area (TPSA) is 34.0 Å². The van der Waals surface area contributed by atoms with Crippen molar-refractivity contribution >= 4 is 0 Å². The highest BCUT2D eigenvalue weighted by Gasteiger charge is 2.07. The molecule has 1 aromatic carbocycles. The molecule has 0 aliphatic rings. The largest absolute Gasteiger partial charge is 0.318 e. The number of hydrogen-bond acceptors (Lipinski definition) is 2. The zero-order valence-electron chi connectivity index (χ0n) is 11.0. The Hall–Kier alpha value is -1.87. The zero-order valence-corrected chi connectivity index (χ0v) is 11.0. The highest BCUT2D eigenvalue weighted by atomic mass is 16.1. The van der Waals surface area contributed by atoms with E-state index in [1.54, 1.807) is 12.1 Å². The second-order valence-electron chi connectivity index (χ2n) is 4.47. The van der Waals surface area contributed by atoms with E-state index in [0.717, 1.165) is 23.6 Å². The predicted molar refractivity (Wildman–Crippen MR) is 74.3 cm³/mol. The summed E-state index contributed by atoms with van der Waals surface area (Å²) in [7, 11) is 1.93. The number of hydrogen-bond donors (Lipinski definition) is 1. The third kappa shape index (κ3) is 2.36. The van der Waals surface area contributed by atoms with Crippen LogP contribution in [0.3, 0.4) is 0 Å². The molecule has 3 nitrogen and oxygen atoms in total. The second-order valence-corrected chi connectivity index (χ2v) is 4.47. The van der Waals surface area contributed by atoms with Crippen LogP contribution in [0.5, 0.6) is 0 Å². The van der Waals surface area contributed by atoms with E-state index in [-0.39, 0.29) is 5.43 Å². The number of benzene rings is 1. The van der Waals surface area contributed by atoms with Crippen LogP contribution in [0, 0.1) is 13.8 Å². The molecule has 1 heterocycles. The van der Waals surface area contributed by atoms with Gasteiger partial charge in [0.25, 0.3) is 0 Å². The summed E-state index contributed by atoms with van der Waals surface area (Å²) in [5.41, 5.74) is 4.33. The molecule has 2 aromatic rings. The molecule has 0 unspecified atom stereocenters. The van der Waals surface area contributed by atoms with Crippen LogP contribution in [0.4, 0.5) is 0 Å². The van der Waals surface area contributed by atoms with Crippen LogP contribution in [-0.4, -0.2) is 11.6 Å². The summed E-state index contributed by atoms with van der Waals surface area (Å²) in [4.78, 5) is 11.5. The van der Waals surface area contributed by atoms with E-state index in [1.807, 2.05) is 33.0 Å². The second kappa shape index (κ2) is 5.19. The summed E-state index contributed by atoms with van der Waals surface area (Å²) in [6, 6.07) is 11.6. The number of nitrogens with one attached hydrogen (secondary N) is 1. The minimum Gasteiger partial charge on any atom is -0.318 e. The zero-order chi connectivity index (χ0) is 13.1. The summed E-state index contributed by atoms with van der Waals surface area (Å²) in [5.74, 6) is 0. The fraction of sp³-hybridized carbons (Fsp3) is 0.267. The number of nitrogens with zero attached hydrogens (tertiary/aromatic N) is 1. The minimum atomic E-state index is 0.0624. The monoisotopic (exact) mass is 242 g/mol. The van der Waals surface area contributed by atoms with Crippen LogP contribution in [0.15, 0.2) is 41.2 Å². The van der Waals surface area contributed by atoms with Crippen molar-refractivity contribution in [3.05, 3.63) is 63.6 Å². The first-order chi connectivity index (χ1) is 8.63. The maximum Gasteiger partial charge on any atom is 0.182 e. The van der Waals surface area contributed by atoms with E-state index in [1.165, 1.54) is 5.56 Å². The molecule has 0 spiro atoms. The Labute approximate surface area is 107 Å². The van der Waals surface area contributed by atoms with Gasteiger partial charge in [-0.2, -0.15) is 0 Å². The fourth-order valence-electron chi connectivity index (χ4n) is 2.31. The van der Waals surface area contributed by atoms with Crippen molar-refractivity contribution < 1.29 is 0 Å². The smallest absolute Gasteiger partial charge is 0.182 e. The first-order valence-electron chi connectivity index (χ1n) is 6.06. The van der Waals surface area contributed by atoms with Crippen LogP contribution < -0.4 is 10.7 Å². The molecule has 0 radical (unpaired) electrons. The van der Waals surface area contributed by atoms with E-state index < -0.39 is 0 Å². The molecule has 2 rings (SSSR count). The third-order valence-electron chi connectivity index (χ3n) is 3.01. The van der Waals surface area contributed by atoms with Gasteiger partial charge in [0.05, 0.1) is 0 Å². The van der Waals surface area contributed by atoms with Crippen molar-refractivity contribution in [1.82, 2.24) is 9.88 Å². The molecule has 0 aliphatic heterocycles. The molecule has 1 N–H and O–H groups in total. The van der Waals surface area contributed by atoms with Crippen LogP contribution in [0.25, 0.3) is 5.69 Å². The summed E-state index contributed by atoms with van der Waals surface area (Å²) in [6.45, 7) is 4.73. The quantitative estimate of drug-likeness (QED) is 0.895. The fourth-order valence-corrected chi connectivity index (χ4v) is 2.31. The standard InChI is InChI=1S/C15H18N2O/c1-11-8-14(18)9-12(2)17(11)15-7-5-4-6-13(15)10-16-3/h4-9,16H,10H2,1-3H3. The first-order valence-corrected chi connectivity index (χ1v) is 6.06. The Bertz CT molecular complexity index is 588. The minimum absolute atomic E-state index is 0.0624. The summed E-state index contributed by atoms with van der Waals surface area (Å²) in [5, 5.41) is 3.17. The molecule has 0 saturated carbocycles. The van der Waals surface area contributed by atoms with Crippen LogP contribution in [0.2, 0.25) is 0 Å². The molecule has 0 amide bonds. The Kier molecular flexibility index (Phi) is 3.63. The Morgan fingerprint density at radius 1 is 1.11 bits per heavy atom. The number of rotatable bonds is 3. The molecule has 0 saturated heterocycles. The molecular weight excluding hydrogens is 224 g/mol. The number of para-hydroxylation sites is 1. The van der Waals surface area contributed by atoms with E-state index in [2.05, 4.69) is 22.0 Å². The van der Waals surface area contributed by atoms with Crippen molar-refractivity contribution in [3.8, 4) is 5.69 Å². The molecular formula is C15H18N2O. The molecule has 0 atom stereocenters. The predicted octanol–water partition coefficient (Wildman–Crippen LogP) is 2.17. The van der Waals surface area contributed by atoms with Gasteiger partial charge in [-0.25, -0.2) is 0 Å². The molecule has 18 heavy (non-hydrogen) atoms. The maximum atomic E-state index is 11.5. The molecule has 94 valence electrons. The van der Waals surface area contributed by atoms with Gasteiger partial charge in [-0.05, 0) is 32.5 Å². The van der Waals surface area contributed by atoms with Gasteiger partial charge in [-0.15, -0.1) is 0 Å². The van der Waals surface area contributed by atoms with Gasteiger partial charge < -0.3 is 9.88 Å². The van der Waals surface area contributed by atoms with E-state index in [0.29, 0.717) is 0 Å². The average Bonchev–Trinajstić information content (AvgIpc) is 2.30. The van der Waals surface area contributed by atoms with Crippen LogP contribution in [-0.2, 0) is 6.54 Å². The van der Waals surface area contributed by atoms with Crippen LogP contribution >= 0.6 is 0 Å². The van der Waals surface area contributed by atoms with Crippen molar-refractivity contribution in [2.75, 3.05) is 7.05 Å². The average molecular weight is 242 g/mol. The molecule has 1 aromatic heterocycles. The van der Waals surface area contributed by atoms with Gasteiger partial charge in [-0.3, -0.25) is 4.79 Å². The third-order valence-corrected chi connectivity index (χ3v) is 3.01. The molecule has 3 heteroatoms. The molecule has 0 aliphatic carbocycles. The lowest BCUT2D eigenvalue weighted by molar-refractivity contribution is 0.798. The van der Waals surface area contributed by atoms with Crippen LogP contribution in [0.1, 0.15) is 17.0 Å². The van der Waals surface area contributed by atoms with Crippen molar-refractivity contribution in [3.63, 3.8) is 0 Å². The van der Waals surface area contributed by atoms with Crippen molar-refractivity contribution in [2.45, 2.75) is 20.4 Å². The Balaban J connectivity index is 2.65. The summed E-state index contributed by atoms with van der Waals surface area (Å²) < 4.78 is 2.12. The number of aryl methyl sites for hydroxylation is 2. The SMILES string of the molecule is CNCc1ccccc1-n1c(C)cc(=O)cc1C. The lowest BCUT2D eigenvalue weighted by atomic mass is 10.1. The molecule has 0 fully saturated rings. The highest BCUT2D eigenvalue weighted by molar-refractivity contribution is 5.44. The maximum absolute atomic E-state index is 11.5. The van der Waals surface area contributed by atoms with Crippen molar-refractivity contribution in [2.24, 2.45) is 0 Å². The van der Waals surface area contributed by atoms with Gasteiger partial charge in [0, 0.05) is 35.8 Å². The van der Waals surface area contributed by atoms with E-state index in [9.17, 15) is 4.79 Å². The summed E-state index contributed by atoms with van der Waals surface area (Å²) >= 11 is 0. The van der Waals surface area contributed by atoms with Crippen molar-refractivity contribution in [1.29, 1.82) is 0 Å².